The predicted octanol–water partition coefficient (Wildman–Crippen LogP) is 2.09. The highest BCUT2D eigenvalue weighted by atomic mass is 16.6. The number of hydrogen-bond donors (Lipinski definition) is 3. The molecule has 0 aliphatic carbocycles. The van der Waals surface area contributed by atoms with Gasteiger partial charge >= 0.3 is 11.9 Å². The standard InChI is InChI=1S/C16H18N2O3.C2H2O4/c1-21-16-4-2-3-13(11-16)9-10-17-12-14-5-7-15(8-6-14)18(19)20;3-1(4)2(5)6/h2-8,11,17H,9-10,12H2,1H3;(H,3,4)(H,5,6). The van der Waals surface area contributed by atoms with Crippen molar-refractivity contribution in [2.75, 3.05) is 13.7 Å². The Bertz CT molecular complexity index is 764. The molecule has 0 spiro atoms. The molecule has 2 aromatic carbocycles. The van der Waals surface area contributed by atoms with Crippen LogP contribution in [-0.4, -0.2) is 40.7 Å². The zero-order valence-corrected chi connectivity index (χ0v) is 14.6. The molecular weight excluding hydrogens is 356 g/mol. The number of benzene rings is 2. The van der Waals surface area contributed by atoms with E-state index in [9.17, 15) is 10.1 Å². The second kappa shape index (κ2) is 11.2. The van der Waals surface area contributed by atoms with Crippen LogP contribution in [0.15, 0.2) is 48.5 Å². The third kappa shape index (κ3) is 8.45. The summed E-state index contributed by atoms with van der Waals surface area (Å²) in [5.41, 5.74) is 2.37. The average molecular weight is 376 g/mol. The van der Waals surface area contributed by atoms with Crippen molar-refractivity contribution in [2.24, 2.45) is 0 Å². The molecule has 3 N–H and O–H groups in total. The van der Waals surface area contributed by atoms with Crippen LogP contribution in [0.25, 0.3) is 0 Å². The van der Waals surface area contributed by atoms with Gasteiger partial charge in [-0.1, -0.05) is 24.3 Å². The Labute approximate surface area is 155 Å². The van der Waals surface area contributed by atoms with Gasteiger partial charge < -0.3 is 20.3 Å². The number of rotatable bonds is 7. The normalized spacial score (nSPS) is 9.67. The highest BCUT2D eigenvalue weighted by molar-refractivity contribution is 6.27. The fourth-order valence-electron chi connectivity index (χ4n) is 2.03. The first-order chi connectivity index (χ1) is 12.8. The average Bonchev–Trinajstić information content (AvgIpc) is 2.66. The number of non-ortho nitro benzene ring substituents is 1. The number of nitrogens with zero attached hydrogens (tertiary/aromatic N) is 1. The lowest BCUT2D eigenvalue weighted by atomic mass is 10.1. The van der Waals surface area contributed by atoms with Gasteiger partial charge in [0.05, 0.1) is 12.0 Å². The lowest BCUT2D eigenvalue weighted by Gasteiger charge is -2.06. The molecule has 2 aromatic rings. The van der Waals surface area contributed by atoms with Crippen LogP contribution in [0, 0.1) is 10.1 Å². The van der Waals surface area contributed by atoms with Gasteiger partial charge in [-0.2, -0.15) is 0 Å². The number of ether oxygens (including phenoxy) is 1. The van der Waals surface area contributed by atoms with Crippen molar-refractivity contribution in [2.45, 2.75) is 13.0 Å². The third-order valence-electron chi connectivity index (χ3n) is 3.38. The summed E-state index contributed by atoms with van der Waals surface area (Å²) in [5, 5.41) is 28.7. The maximum atomic E-state index is 10.6. The Balaban J connectivity index is 0.000000527. The topological polar surface area (TPSA) is 139 Å². The number of nitro groups is 1. The second-order valence-corrected chi connectivity index (χ2v) is 5.31. The molecule has 0 aliphatic heterocycles. The fourth-order valence-corrected chi connectivity index (χ4v) is 2.03. The summed E-state index contributed by atoms with van der Waals surface area (Å²) in [5.74, 6) is -2.78. The van der Waals surface area contributed by atoms with Crippen LogP contribution in [0.1, 0.15) is 11.1 Å². The zero-order chi connectivity index (χ0) is 20.2. The van der Waals surface area contributed by atoms with Gasteiger partial charge in [0.25, 0.3) is 5.69 Å². The van der Waals surface area contributed by atoms with Gasteiger partial charge in [-0.3, -0.25) is 10.1 Å². The molecular formula is C18H20N2O7. The maximum absolute atomic E-state index is 10.6. The Kier molecular flexibility index (Phi) is 8.96. The number of aliphatic carboxylic acids is 2. The minimum atomic E-state index is -1.82. The van der Waals surface area contributed by atoms with Crippen molar-refractivity contribution in [3.63, 3.8) is 0 Å². The summed E-state index contributed by atoms with van der Waals surface area (Å²) in [7, 11) is 1.66. The Morgan fingerprint density at radius 3 is 2.22 bits per heavy atom. The number of carboxylic acid groups (broad SMARTS) is 2. The first-order valence-corrected chi connectivity index (χ1v) is 7.86. The zero-order valence-electron chi connectivity index (χ0n) is 14.6. The second-order valence-electron chi connectivity index (χ2n) is 5.31. The Hall–Kier alpha value is -3.46. The molecule has 0 radical (unpaired) electrons. The van der Waals surface area contributed by atoms with Crippen LogP contribution in [0.2, 0.25) is 0 Å². The van der Waals surface area contributed by atoms with Crippen LogP contribution < -0.4 is 10.1 Å². The monoisotopic (exact) mass is 376 g/mol. The minimum Gasteiger partial charge on any atom is -0.497 e. The molecule has 0 atom stereocenters. The number of hydrogen-bond acceptors (Lipinski definition) is 6. The molecule has 0 fully saturated rings. The molecule has 27 heavy (non-hydrogen) atoms. The van der Waals surface area contributed by atoms with Crippen molar-refractivity contribution >= 4 is 17.6 Å². The summed E-state index contributed by atoms with van der Waals surface area (Å²) in [4.78, 5) is 28.4. The largest absolute Gasteiger partial charge is 0.497 e. The van der Waals surface area contributed by atoms with E-state index in [1.807, 2.05) is 18.2 Å². The van der Waals surface area contributed by atoms with Gasteiger partial charge in [-0.15, -0.1) is 0 Å². The highest BCUT2D eigenvalue weighted by Crippen LogP contribution is 2.13. The van der Waals surface area contributed by atoms with E-state index >= 15 is 0 Å². The van der Waals surface area contributed by atoms with E-state index in [-0.39, 0.29) is 10.6 Å². The van der Waals surface area contributed by atoms with Gasteiger partial charge in [0.2, 0.25) is 0 Å². The molecule has 0 saturated carbocycles. The summed E-state index contributed by atoms with van der Waals surface area (Å²) < 4.78 is 5.19. The number of carbonyl (C=O) groups is 2. The molecule has 144 valence electrons. The SMILES string of the molecule is COc1cccc(CCNCc2ccc([N+](=O)[O-])cc2)c1.O=C(O)C(=O)O. The van der Waals surface area contributed by atoms with Gasteiger partial charge in [0.1, 0.15) is 5.75 Å². The quantitative estimate of drug-likeness (QED) is 0.289. The van der Waals surface area contributed by atoms with Crippen molar-refractivity contribution in [1.29, 1.82) is 0 Å². The molecule has 0 aliphatic rings. The molecule has 0 amide bonds. The third-order valence-corrected chi connectivity index (χ3v) is 3.38. The van der Waals surface area contributed by atoms with E-state index in [0.29, 0.717) is 6.54 Å². The molecule has 9 nitrogen and oxygen atoms in total. The summed E-state index contributed by atoms with van der Waals surface area (Å²) in [6.07, 6.45) is 0.907. The molecule has 0 saturated heterocycles. The van der Waals surface area contributed by atoms with E-state index in [1.54, 1.807) is 19.2 Å². The number of methoxy groups -OCH3 is 1. The van der Waals surface area contributed by atoms with Crippen molar-refractivity contribution in [3.05, 3.63) is 69.8 Å². The highest BCUT2D eigenvalue weighted by Gasteiger charge is 2.04. The van der Waals surface area contributed by atoms with E-state index in [4.69, 9.17) is 24.5 Å². The van der Waals surface area contributed by atoms with Gasteiger partial charge in [0, 0.05) is 18.7 Å². The Morgan fingerprint density at radius 2 is 1.70 bits per heavy atom. The smallest absolute Gasteiger partial charge is 0.414 e. The molecule has 0 unspecified atom stereocenters. The summed E-state index contributed by atoms with van der Waals surface area (Å²) in [6.45, 7) is 1.53. The van der Waals surface area contributed by atoms with E-state index in [0.717, 1.165) is 24.3 Å². The molecule has 2 rings (SSSR count). The Morgan fingerprint density at radius 1 is 1.07 bits per heavy atom. The lowest BCUT2D eigenvalue weighted by molar-refractivity contribution is -0.384. The number of nitrogens with one attached hydrogen (secondary N) is 1. The van der Waals surface area contributed by atoms with Gasteiger partial charge in [-0.25, -0.2) is 9.59 Å². The molecule has 0 aromatic heterocycles. The van der Waals surface area contributed by atoms with Crippen molar-refractivity contribution in [1.82, 2.24) is 5.32 Å². The van der Waals surface area contributed by atoms with Crippen LogP contribution in [0.4, 0.5) is 5.69 Å². The molecule has 9 heteroatoms. The van der Waals surface area contributed by atoms with Crippen LogP contribution in [0.3, 0.4) is 0 Å². The molecule has 0 bridgehead atoms. The van der Waals surface area contributed by atoms with Crippen LogP contribution in [-0.2, 0) is 22.6 Å². The summed E-state index contributed by atoms with van der Waals surface area (Å²) >= 11 is 0. The predicted molar refractivity (Wildman–Crippen MR) is 96.8 cm³/mol. The van der Waals surface area contributed by atoms with E-state index < -0.39 is 11.9 Å². The van der Waals surface area contributed by atoms with Crippen molar-refractivity contribution in [3.8, 4) is 5.75 Å². The van der Waals surface area contributed by atoms with Crippen LogP contribution in [0.5, 0.6) is 5.75 Å². The fraction of sp³-hybridized carbons (Fsp3) is 0.222. The molecule has 0 heterocycles. The minimum absolute atomic E-state index is 0.120. The lowest BCUT2D eigenvalue weighted by Crippen LogP contribution is -2.16. The van der Waals surface area contributed by atoms with E-state index in [1.165, 1.54) is 17.7 Å². The summed E-state index contributed by atoms with van der Waals surface area (Å²) in [6, 6.07) is 14.6. The number of nitro benzene ring substituents is 1. The maximum Gasteiger partial charge on any atom is 0.414 e. The van der Waals surface area contributed by atoms with E-state index in [2.05, 4.69) is 11.4 Å². The van der Waals surface area contributed by atoms with Gasteiger partial charge in [-0.05, 0) is 36.2 Å². The van der Waals surface area contributed by atoms with Crippen molar-refractivity contribution < 1.29 is 29.5 Å². The number of carboxylic acids is 2. The first kappa shape index (κ1) is 21.6. The van der Waals surface area contributed by atoms with Crippen LogP contribution >= 0.6 is 0 Å². The van der Waals surface area contributed by atoms with Gasteiger partial charge in [0.15, 0.2) is 0 Å². The first-order valence-electron chi connectivity index (χ1n) is 7.86.